The second-order valence-electron chi connectivity index (χ2n) is 5.83. The number of amides is 1. The zero-order valence-corrected chi connectivity index (χ0v) is 12.9. The van der Waals surface area contributed by atoms with Crippen LogP contribution >= 0.6 is 11.8 Å². The largest absolute Gasteiger partial charge is 0.377 e. The lowest BCUT2D eigenvalue weighted by molar-refractivity contribution is -0.136. The molecule has 1 atom stereocenters. The number of ether oxygens (including phenoxy) is 1. The molecule has 0 aromatic carbocycles. The van der Waals surface area contributed by atoms with Crippen LogP contribution in [0.25, 0.3) is 0 Å². The number of methoxy groups -OCH3 is 1. The molecule has 19 heavy (non-hydrogen) atoms. The highest BCUT2D eigenvalue weighted by atomic mass is 32.2. The lowest BCUT2D eigenvalue weighted by Gasteiger charge is -2.39. The fourth-order valence-electron chi connectivity index (χ4n) is 2.83. The summed E-state index contributed by atoms with van der Waals surface area (Å²) in [6, 6.07) is 0. The number of piperidine rings is 2. The Morgan fingerprint density at radius 1 is 1.47 bits per heavy atom. The Morgan fingerprint density at radius 3 is 2.89 bits per heavy atom. The molecule has 110 valence electrons. The first kappa shape index (κ1) is 15.1. The van der Waals surface area contributed by atoms with Gasteiger partial charge in [-0.3, -0.25) is 4.79 Å². The maximum atomic E-state index is 12.3. The first-order valence-electron chi connectivity index (χ1n) is 7.28. The summed E-state index contributed by atoms with van der Waals surface area (Å²) in [7, 11) is 1.75. The van der Waals surface area contributed by atoms with Crippen molar-refractivity contribution in [3.05, 3.63) is 0 Å². The van der Waals surface area contributed by atoms with E-state index >= 15 is 0 Å². The van der Waals surface area contributed by atoms with Crippen molar-refractivity contribution in [3.63, 3.8) is 0 Å². The smallest absolute Gasteiger partial charge is 0.232 e. The minimum atomic E-state index is -0.146. The third-order valence-corrected chi connectivity index (χ3v) is 5.59. The van der Waals surface area contributed by atoms with E-state index in [-0.39, 0.29) is 11.5 Å². The van der Waals surface area contributed by atoms with E-state index < -0.39 is 0 Å². The topological polar surface area (TPSA) is 41.6 Å². The van der Waals surface area contributed by atoms with Crippen LogP contribution in [0.15, 0.2) is 0 Å². The zero-order chi connectivity index (χ0) is 13.7. The second kappa shape index (κ2) is 6.95. The van der Waals surface area contributed by atoms with E-state index in [1.807, 2.05) is 16.7 Å². The SMILES string of the molecule is COC1(C)CCCN(C(=O)CSC2CCNCC2)C1. The van der Waals surface area contributed by atoms with Gasteiger partial charge in [0.25, 0.3) is 0 Å². The second-order valence-corrected chi connectivity index (χ2v) is 7.12. The third-order valence-electron chi connectivity index (χ3n) is 4.23. The van der Waals surface area contributed by atoms with E-state index in [1.165, 1.54) is 12.8 Å². The maximum Gasteiger partial charge on any atom is 0.232 e. The van der Waals surface area contributed by atoms with Gasteiger partial charge in [0.05, 0.1) is 11.4 Å². The Morgan fingerprint density at radius 2 is 2.21 bits per heavy atom. The minimum absolute atomic E-state index is 0.146. The highest BCUT2D eigenvalue weighted by molar-refractivity contribution is 8.00. The predicted molar refractivity (Wildman–Crippen MR) is 79.6 cm³/mol. The maximum absolute atomic E-state index is 12.3. The van der Waals surface area contributed by atoms with Crippen LogP contribution < -0.4 is 5.32 Å². The standard InChI is InChI=1S/C14H26N2O2S/c1-14(18-2)6-3-9-16(11-14)13(17)10-19-12-4-7-15-8-5-12/h12,15H,3-11H2,1-2H3. The highest BCUT2D eigenvalue weighted by Crippen LogP contribution is 2.25. The van der Waals surface area contributed by atoms with Crippen LogP contribution in [0.5, 0.6) is 0 Å². The fraction of sp³-hybridized carbons (Fsp3) is 0.929. The summed E-state index contributed by atoms with van der Waals surface area (Å²) in [5.41, 5.74) is -0.146. The lowest BCUT2D eigenvalue weighted by atomic mass is 9.95. The molecule has 2 rings (SSSR count). The van der Waals surface area contributed by atoms with E-state index in [0.717, 1.165) is 39.0 Å². The molecule has 2 aliphatic heterocycles. The van der Waals surface area contributed by atoms with Gasteiger partial charge in [-0.25, -0.2) is 0 Å². The summed E-state index contributed by atoms with van der Waals surface area (Å²) in [5, 5.41) is 4.02. The van der Waals surface area contributed by atoms with Crippen LogP contribution in [0, 0.1) is 0 Å². The molecule has 2 heterocycles. The number of likely N-dealkylation sites (tertiary alicyclic amines) is 1. The number of nitrogens with zero attached hydrogens (tertiary/aromatic N) is 1. The number of thioether (sulfide) groups is 1. The number of hydrogen-bond donors (Lipinski definition) is 1. The normalized spacial score (nSPS) is 29.5. The molecule has 1 amide bonds. The van der Waals surface area contributed by atoms with Gasteiger partial charge in [-0.1, -0.05) is 0 Å². The molecule has 5 heteroatoms. The van der Waals surface area contributed by atoms with Gasteiger partial charge in [0.1, 0.15) is 0 Å². The molecule has 0 spiro atoms. The molecule has 1 unspecified atom stereocenters. The fourth-order valence-corrected chi connectivity index (χ4v) is 3.96. The van der Waals surface area contributed by atoms with Crippen molar-refractivity contribution in [1.29, 1.82) is 0 Å². The van der Waals surface area contributed by atoms with Crippen LogP contribution in [0.1, 0.15) is 32.6 Å². The first-order valence-corrected chi connectivity index (χ1v) is 8.33. The van der Waals surface area contributed by atoms with Crippen molar-refractivity contribution in [2.75, 3.05) is 39.0 Å². The monoisotopic (exact) mass is 286 g/mol. The summed E-state index contributed by atoms with van der Waals surface area (Å²) in [4.78, 5) is 14.3. The van der Waals surface area contributed by atoms with E-state index in [4.69, 9.17) is 4.74 Å². The zero-order valence-electron chi connectivity index (χ0n) is 12.1. The van der Waals surface area contributed by atoms with Crippen LogP contribution in [-0.4, -0.2) is 60.7 Å². The van der Waals surface area contributed by atoms with Gasteiger partial charge in [-0.05, 0) is 45.7 Å². The molecule has 4 nitrogen and oxygen atoms in total. The molecule has 0 bridgehead atoms. The van der Waals surface area contributed by atoms with Crippen molar-refractivity contribution < 1.29 is 9.53 Å². The molecule has 1 N–H and O–H groups in total. The number of nitrogens with one attached hydrogen (secondary N) is 1. The van der Waals surface area contributed by atoms with Gasteiger partial charge in [0.2, 0.25) is 5.91 Å². The minimum Gasteiger partial charge on any atom is -0.377 e. The van der Waals surface area contributed by atoms with Crippen molar-refractivity contribution in [2.24, 2.45) is 0 Å². The van der Waals surface area contributed by atoms with Gasteiger partial charge in [0, 0.05) is 25.4 Å². The number of carbonyl (C=O) groups excluding carboxylic acids is 1. The lowest BCUT2D eigenvalue weighted by Crippen LogP contribution is -2.50. The molecule has 2 saturated heterocycles. The van der Waals surface area contributed by atoms with Crippen molar-refractivity contribution in [3.8, 4) is 0 Å². The van der Waals surface area contributed by atoms with Gasteiger partial charge < -0.3 is 15.0 Å². The summed E-state index contributed by atoms with van der Waals surface area (Å²) in [5.74, 6) is 0.913. The Bertz CT molecular complexity index is 308. The van der Waals surface area contributed by atoms with Gasteiger partial charge in [-0.2, -0.15) is 0 Å². The molecule has 0 saturated carbocycles. The third kappa shape index (κ3) is 4.36. The summed E-state index contributed by atoms with van der Waals surface area (Å²) in [6.45, 7) is 5.93. The Kier molecular flexibility index (Phi) is 5.54. The first-order chi connectivity index (χ1) is 9.13. The number of carbonyl (C=O) groups is 1. The van der Waals surface area contributed by atoms with E-state index in [2.05, 4.69) is 12.2 Å². The summed E-state index contributed by atoms with van der Waals surface area (Å²) < 4.78 is 5.54. The molecular formula is C14H26N2O2S. The van der Waals surface area contributed by atoms with Crippen molar-refractivity contribution >= 4 is 17.7 Å². The molecular weight excluding hydrogens is 260 g/mol. The molecule has 0 radical (unpaired) electrons. The van der Waals surface area contributed by atoms with Crippen LogP contribution in [0.2, 0.25) is 0 Å². The van der Waals surface area contributed by atoms with Gasteiger partial charge in [0.15, 0.2) is 0 Å². The summed E-state index contributed by atoms with van der Waals surface area (Å²) >= 11 is 1.83. The Balaban J connectivity index is 1.76. The highest BCUT2D eigenvalue weighted by Gasteiger charge is 2.33. The molecule has 0 aromatic heterocycles. The quantitative estimate of drug-likeness (QED) is 0.850. The molecule has 2 fully saturated rings. The molecule has 2 aliphatic rings. The number of hydrogen-bond acceptors (Lipinski definition) is 4. The van der Waals surface area contributed by atoms with Crippen LogP contribution in [-0.2, 0) is 9.53 Å². The van der Waals surface area contributed by atoms with E-state index in [1.54, 1.807) is 7.11 Å². The average molecular weight is 286 g/mol. The number of rotatable bonds is 4. The van der Waals surface area contributed by atoms with Crippen LogP contribution in [0.3, 0.4) is 0 Å². The predicted octanol–water partition coefficient (Wildman–Crippen LogP) is 1.50. The summed E-state index contributed by atoms with van der Waals surface area (Å²) in [6.07, 6.45) is 4.48. The van der Waals surface area contributed by atoms with E-state index in [0.29, 0.717) is 11.0 Å². The van der Waals surface area contributed by atoms with E-state index in [9.17, 15) is 4.79 Å². The average Bonchev–Trinajstić information content (AvgIpc) is 2.46. The molecule has 0 aromatic rings. The Hall–Kier alpha value is -0.260. The van der Waals surface area contributed by atoms with Crippen molar-refractivity contribution in [2.45, 2.75) is 43.5 Å². The Labute approximate surface area is 120 Å². The molecule has 0 aliphatic carbocycles. The van der Waals surface area contributed by atoms with Gasteiger partial charge >= 0.3 is 0 Å². The van der Waals surface area contributed by atoms with Crippen molar-refractivity contribution in [1.82, 2.24) is 10.2 Å². The van der Waals surface area contributed by atoms with Crippen LogP contribution in [0.4, 0.5) is 0 Å². The van der Waals surface area contributed by atoms with Gasteiger partial charge in [-0.15, -0.1) is 11.8 Å².